The van der Waals surface area contributed by atoms with E-state index in [0.29, 0.717) is 0 Å². The first-order valence-corrected chi connectivity index (χ1v) is 12.4. The van der Waals surface area contributed by atoms with Gasteiger partial charge in [-0.2, -0.15) is 0 Å². The summed E-state index contributed by atoms with van der Waals surface area (Å²) < 4.78 is 15.2. The highest BCUT2D eigenvalue weighted by Crippen LogP contribution is 2.57. The van der Waals surface area contributed by atoms with Crippen molar-refractivity contribution in [1.29, 1.82) is 0 Å². The van der Waals surface area contributed by atoms with Crippen molar-refractivity contribution in [3.8, 4) is 0 Å². The van der Waals surface area contributed by atoms with E-state index in [1.54, 1.807) is 0 Å². The van der Waals surface area contributed by atoms with Gasteiger partial charge in [-0.05, 0) is 17.0 Å². The van der Waals surface area contributed by atoms with Crippen molar-refractivity contribution in [2.45, 2.75) is 24.6 Å². The molecule has 4 aromatic rings. The molecule has 4 aromatic carbocycles. The quantitative estimate of drug-likeness (QED) is 0.373. The fourth-order valence-electron chi connectivity index (χ4n) is 4.38. The molecule has 2 nitrogen and oxygen atoms in total. The van der Waals surface area contributed by atoms with E-state index >= 15 is 4.57 Å². The minimum absolute atomic E-state index is 0.136. The Morgan fingerprint density at radius 2 is 0.935 bits per heavy atom. The van der Waals surface area contributed by atoms with Crippen molar-refractivity contribution >= 4 is 17.8 Å². The molecule has 0 spiro atoms. The van der Waals surface area contributed by atoms with Crippen molar-refractivity contribution < 1.29 is 9.67 Å². The predicted molar refractivity (Wildman–Crippen MR) is 130 cm³/mol. The second kappa shape index (κ2) is 9.47. The molecule has 0 amide bonds. The molecular formula is C28H27O2P. The van der Waals surface area contributed by atoms with Crippen molar-refractivity contribution in [1.82, 2.24) is 0 Å². The van der Waals surface area contributed by atoms with Crippen LogP contribution in [0.25, 0.3) is 0 Å². The fourth-order valence-corrected chi connectivity index (χ4v) is 7.97. The Morgan fingerprint density at radius 3 is 1.35 bits per heavy atom. The molecule has 0 radical (unpaired) electrons. The normalized spacial score (nSPS) is 14.5. The van der Waals surface area contributed by atoms with Crippen LogP contribution in [-0.2, 0) is 4.57 Å². The first-order chi connectivity index (χ1) is 15.1. The molecule has 3 heteroatoms. The summed E-state index contributed by atoms with van der Waals surface area (Å²) in [6, 6.07) is 38.9. The summed E-state index contributed by atoms with van der Waals surface area (Å²) in [5.74, 6) is -0.136. The van der Waals surface area contributed by atoms with Crippen LogP contribution in [-0.4, -0.2) is 10.8 Å². The van der Waals surface area contributed by atoms with E-state index in [4.69, 9.17) is 0 Å². The van der Waals surface area contributed by atoms with Crippen molar-refractivity contribution in [3.63, 3.8) is 0 Å². The topological polar surface area (TPSA) is 37.3 Å². The molecule has 1 N–H and O–H groups in total. The Morgan fingerprint density at radius 1 is 0.581 bits per heavy atom. The minimum atomic E-state index is -3.23. The Balaban J connectivity index is 1.96. The van der Waals surface area contributed by atoms with Crippen LogP contribution in [0.4, 0.5) is 0 Å². The molecule has 0 aliphatic rings. The van der Waals surface area contributed by atoms with Gasteiger partial charge in [0.2, 0.25) is 0 Å². The molecule has 0 saturated heterocycles. The lowest BCUT2D eigenvalue weighted by atomic mass is 9.91. The third-order valence-electron chi connectivity index (χ3n) is 6.00. The molecule has 1 unspecified atom stereocenters. The van der Waals surface area contributed by atoms with Crippen LogP contribution >= 0.6 is 7.14 Å². The zero-order chi connectivity index (χ0) is 21.7. The molecule has 0 saturated carbocycles. The smallest absolute Gasteiger partial charge is 0.149 e. The summed E-state index contributed by atoms with van der Waals surface area (Å²) in [6.45, 7) is 2.07. The van der Waals surface area contributed by atoms with E-state index in [1.165, 1.54) is 0 Å². The average Bonchev–Trinajstić information content (AvgIpc) is 2.86. The van der Waals surface area contributed by atoms with Gasteiger partial charge in [0.1, 0.15) is 7.14 Å². The summed E-state index contributed by atoms with van der Waals surface area (Å²) in [6.07, 6.45) is -0.886. The monoisotopic (exact) mass is 426 g/mol. The van der Waals surface area contributed by atoms with Gasteiger partial charge in [0, 0.05) is 10.6 Å². The van der Waals surface area contributed by atoms with Gasteiger partial charge in [0.25, 0.3) is 0 Å². The number of hydrogen-bond donors (Lipinski definition) is 1. The zero-order valence-electron chi connectivity index (χ0n) is 17.6. The van der Waals surface area contributed by atoms with Crippen molar-refractivity contribution in [2.75, 3.05) is 0 Å². The Labute approximate surface area is 184 Å². The predicted octanol–water partition coefficient (Wildman–Crippen LogP) is 5.91. The maximum atomic E-state index is 15.2. The maximum absolute atomic E-state index is 15.2. The van der Waals surface area contributed by atoms with Gasteiger partial charge >= 0.3 is 0 Å². The van der Waals surface area contributed by atoms with E-state index in [-0.39, 0.29) is 5.92 Å². The van der Waals surface area contributed by atoms with Gasteiger partial charge < -0.3 is 9.67 Å². The lowest BCUT2D eigenvalue weighted by molar-refractivity contribution is 0.162. The molecule has 0 fully saturated rings. The Hall–Kier alpha value is -2.93. The van der Waals surface area contributed by atoms with Crippen LogP contribution in [0.3, 0.4) is 0 Å². The number of aliphatic hydroxyl groups excluding tert-OH is 1. The highest BCUT2D eigenvalue weighted by molar-refractivity contribution is 7.79. The van der Waals surface area contributed by atoms with Crippen LogP contribution < -0.4 is 10.6 Å². The highest BCUT2D eigenvalue weighted by Gasteiger charge is 2.44. The molecule has 0 heterocycles. The minimum Gasteiger partial charge on any atom is -0.388 e. The first-order valence-electron chi connectivity index (χ1n) is 10.6. The summed E-state index contributed by atoms with van der Waals surface area (Å²) in [5, 5.41) is 13.2. The van der Waals surface area contributed by atoms with E-state index in [1.807, 2.05) is 109 Å². The first kappa shape index (κ1) is 21.3. The van der Waals surface area contributed by atoms with Gasteiger partial charge in [-0.3, -0.25) is 0 Å². The average molecular weight is 426 g/mol. The standard InChI is InChI=1S/C28H27O2P/c1-22(23-14-6-2-7-15-23)28(27(29)24-16-8-3-9-17-24)31(30,25-18-10-4-11-19-25)26-20-12-5-13-21-26/h2-22,27-29H,1H3/t22-,27?,28-/m0/s1. The second-order valence-electron chi connectivity index (χ2n) is 7.87. The molecule has 3 atom stereocenters. The fraction of sp³-hybridized carbons (Fsp3) is 0.143. The third kappa shape index (κ3) is 4.28. The second-order valence-corrected chi connectivity index (χ2v) is 10.8. The molecule has 156 valence electrons. The number of rotatable bonds is 7. The highest BCUT2D eigenvalue weighted by atomic mass is 31.2. The molecule has 31 heavy (non-hydrogen) atoms. The number of hydrogen-bond acceptors (Lipinski definition) is 2. The summed E-state index contributed by atoms with van der Waals surface area (Å²) in [4.78, 5) is 0. The van der Waals surface area contributed by atoms with Gasteiger partial charge in [-0.1, -0.05) is 128 Å². The van der Waals surface area contributed by atoms with E-state index in [0.717, 1.165) is 21.7 Å². The summed E-state index contributed by atoms with van der Waals surface area (Å²) in [5.41, 5.74) is 1.32. The third-order valence-corrected chi connectivity index (χ3v) is 9.70. The number of benzene rings is 4. The van der Waals surface area contributed by atoms with Crippen molar-refractivity contribution in [2.24, 2.45) is 0 Å². The SMILES string of the molecule is C[C@@H](c1ccccc1)[C@@H](C(O)c1ccccc1)P(=O)(c1ccccc1)c1ccccc1. The molecule has 0 bridgehead atoms. The van der Waals surface area contributed by atoms with Crippen molar-refractivity contribution in [3.05, 3.63) is 132 Å². The van der Waals surface area contributed by atoms with Gasteiger partial charge in [-0.25, -0.2) is 0 Å². The molecule has 0 aliphatic heterocycles. The van der Waals surface area contributed by atoms with E-state index in [2.05, 4.69) is 19.1 Å². The Bertz CT molecular complexity index is 1040. The largest absolute Gasteiger partial charge is 0.388 e. The van der Waals surface area contributed by atoms with E-state index < -0.39 is 18.9 Å². The van der Waals surface area contributed by atoms with E-state index in [9.17, 15) is 5.11 Å². The Kier molecular flexibility index (Phi) is 6.51. The zero-order valence-corrected chi connectivity index (χ0v) is 18.5. The lowest BCUT2D eigenvalue weighted by Gasteiger charge is -2.36. The molecule has 0 aromatic heterocycles. The van der Waals surface area contributed by atoms with Crippen LogP contribution in [0.5, 0.6) is 0 Å². The summed E-state index contributed by atoms with van der Waals surface area (Å²) in [7, 11) is -3.23. The maximum Gasteiger partial charge on any atom is 0.149 e. The van der Waals surface area contributed by atoms with Gasteiger partial charge in [0.05, 0.1) is 11.8 Å². The van der Waals surface area contributed by atoms with Gasteiger partial charge in [-0.15, -0.1) is 0 Å². The molecule has 4 rings (SSSR count). The lowest BCUT2D eigenvalue weighted by Crippen LogP contribution is -2.34. The van der Waals surface area contributed by atoms with Crippen LogP contribution in [0.2, 0.25) is 0 Å². The van der Waals surface area contributed by atoms with Crippen LogP contribution in [0.1, 0.15) is 30.1 Å². The number of aliphatic hydroxyl groups is 1. The molecular weight excluding hydrogens is 399 g/mol. The van der Waals surface area contributed by atoms with Gasteiger partial charge in [0.15, 0.2) is 0 Å². The van der Waals surface area contributed by atoms with Crippen LogP contribution in [0.15, 0.2) is 121 Å². The summed E-state index contributed by atoms with van der Waals surface area (Å²) >= 11 is 0. The molecule has 0 aliphatic carbocycles. The van der Waals surface area contributed by atoms with Crippen LogP contribution in [0, 0.1) is 0 Å².